The number of benzene rings is 2. The van der Waals surface area contributed by atoms with Crippen LogP contribution in [0.3, 0.4) is 0 Å². The molecule has 0 bridgehead atoms. The molecule has 3 rings (SSSR count). The average Bonchev–Trinajstić information content (AvgIpc) is 3.21. The van der Waals surface area contributed by atoms with Gasteiger partial charge in [0, 0.05) is 24.9 Å². The van der Waals surface area contributed by atoms with Crippen molar-refractivity contribution in [1.29, 1.82) is 5.26 Å². The highest BCUT2D eigenvalue weighted by atomic mass is 16.5. The minimum absolute atomic E-state index is 0.0364. The average molecular weight is 376 g/mol. The molecule has 0 aliphatic heterocycles. The number of aryl methyl sites for hydroxylation is 1. The zero-order chi connectivity index (χ0) is 19.8. The van der Waals surface area contributed by atoms with Gasteiger partial charge in [-0.25, -0.2) is 0 Å². The molecular formula is C21H20N4O3. The molecule has 0 aliphatic carbocycles. The van der Waals surface area contributed by atoms with Crippen molar-refractivity contribution < 1.29 is 14.1 Å². The van der Waals surface area contributed by atoms with E-state index >= 15 is 0 Å². The van der Waals surface area contributed by atoms with Crippen LogP contribution in [-0.2, 0) is 17.8 Å². The first-order valence-corrected chi connectivity index (χ1v) is 8.85. The summed E-state index contributed by atoms with van der Waals surface area (Å²) in [7, 11) is 1.60. The second-order valence-corrected chi connectivity index (χ2v) is 6.13. The number of carbonyl (C=O) groups excluding carboxylic acids is 1. The van der Waals surface area contributed by atoms with Gasteiger partial charge in [0.05, 0.1) is 13.2 Å². The topological polar surface area (TPSA) is 92.3 Å². The fraction of sp³-hybridized carbons (Fsp3) is 0.238. The predicted octanol–water partition coefficient (Wildman–Crippen LogP) is 3.23. The number of nitriles is 1. The fourth-order valence-electron chi connectivity index (χ4n) is 2.71. The van der Waals surface area contributed by atoms with E-state index in [2.05, 4.69) is 10.1 Å². The molecule has 142 valence electrons. The summed E-state index contributed by atoms with van der Waals surface area (Å²) in [4.78, 5) is 18.4. The number of carbonyl (C=O) groups is 1. The molecule has 0 unspecified atom stereocenters. The van der Waals surface area contributed by atoms with Crippen LogP contribution in [-0.4, -0.2) is 34.6 Å². The van der Waals surface area contributed by atoms with Crippen molar-refractivity contribution in [2.24, 2.45) is 0 Å². The van der Waals surface area contributed by atoms with Crippen molar-refractivity contribution >= 4 is 5.91 Å². The van der Waals surface area contributed by atoms with Crippen molar-refractivity contribution in [3.63, 3.8) is 0 Å². The Balaban J connectivity index is 1.60. The van der Waals surface area contributed by atoms with Gasteiger partial charge in [-0.05, 0) is 29.8 Å². The number of methoxy groups -OCH3 is 1. The van der Waals surface area contributed by atoms with Crippen LogP contribution in [0, 0.1) is 11.3 Å². The normalized spacial score (nSPS) is 10.3. The molecule has 0 spiro atoms. The van der Waals surface area contributed by atoms with Crippen LogP contribution in [0.5, 0.6) is 5.75 Å². The number of hydrogen-bond donors (Lipinski definition) is 0. The third-order valence-electron chi connectivity index (χ3n) is 4.20. The standard InChI is InChI=1S/C21H20N4O3/c1-27-18-9-7-17(8-10-18)21-23-19(28-24-21)11-12-20(26)25(14-13-22)15-16-5-3-2-4-6-16/h2-10H,11-12,14-15H2,1H3. The van der Waals surface area contributed by atoms with E-state index in [0.29, 0.717) is 24.7 Å². The highest BCUT2D eigenvalue weighted by Crippen LogP contribution is 2.20. The van der Waals surface area contributed by atoms with Gasteiger partial charge in [-0.15, -0.1) is 0 Å². The Bertz CT molecular complexity index is 946. The van der Waals surface area contributed by atoms with Crippen LogP contribution in [0.15, 0.2) is 59.1 Å². The largest absolute Gasteiger partial charge is 0.497 e. The lowest BCUT2D eigenvalue weighted by atomic mass is 10.2. The molecule has 0 radical (unpaired) electrons. The van der Waals surface area contributed by atoms with Crippen molar-refractivity contribution in [2.75, 3.05) is 13.7 Å². The Labute approximate surface area is 163 Å². The third-order valence-corrected chi connectivity index (χ3v) is 4.20. The number of ether oxygens (including phenoxy) is 1. The Morgan fingerprint density at radius 1 is 1.18 bits per heavy atom. The Morgan fingerprint density at radius 2 is 1.93 bits per heavy atom. The maximum absolute atomic E-state index is 12.5. The van der Waals surface area contributed by atoms with Crippen LogP contribution in [0.25, 0.3) is 11.4 Å². The summed E-state index contributed by atoms with van der Waals surface area (Å²) in [5, 5.41) is 13.0. The molecule has 0 aliphatic rings. The van der Waals surface area contributed by atoms with Crippen LogP contribution in [0.4, 0.5) is 0 Å². The third kappa shape index (κ3) is 4.95. The van der Waals surface area contributed by atoms with E-state index in [9.17, 15) is 4.79 Å². The van der Waals surface area contributed by atoms with Gasteiger partial charge in [0.2, 0.25) is 17.6 Å². The van der Waals surface area contributed by atoms with Crippen LogP contribution in [0.1, 0.15) is 17.9 Å². The van der Waals surface area contributed by atoms with E-state index in [1.807, 2.05) is 60.7 Å². The molecule has 1 amide bonds. The van der Waals surface area contributed by atoms with Crippen LogP contribution >= 0.6 is 0 Å². The Morgan fingerprint density at radius 3 is 2.61 bits per heavy atom. The van der Waals surface area contributed by atoms with E-state index in [1.165, 1.54) is 4.90 Å². The number of rotatable bonds is 8. The Kier molecular flexibility index (Phi) is 6.37. The van der Waals surface area contributed by atoms with Gasteiger partial charge in [0.15, 0.2) is 0 Å². The molecule has 0 saturated heterocycles. The maximum atomic E-state index is 12.5. The summed E-state index contributed by atoms with van der Waals surface area (Å²) in [6, 6.07) is 18.9. The first-order valence-electron chi connectivity index (χ1n) is 8.85. The van der Waals surface area contributed by atoms with Crippen molar-refractivity contribution in [3.8, 4) is 23.2 Å². The first-order chi connectivity index (χ1) is 13.7. The SMILES string of the molecule is COc1ccc(-c2noc(CCC(=O)N(CC#N)Cc3ccccc3)n2)cc1. The molecule has 0 atom stereocenters. The van der Waals surface area contributed by atoms with Gasteiger partial charge >= 0.3 is 0 Å². The van der Waals surface area contributed by atoms with E-state index in [-0.39, 0.29) is 18.9 Å². The number of hydrogen-bond acceptors (Lipinski definition) is 6. The van der Waals surface area contributed by atoms with E-state index in [0.717, 1.165) is 16.9 Å². The molecule has 3 aromatic rings. The van der Waals surface area contributed by atoms with E-state index < -0.39 is 0 Å². The minimum atomic E-state index is -0.130. The fourth-order valence-corrected chi connectivity index (χ4v) is 2.71. The predicted molar refractivity (Wildman–Crippen MR) is 102 cm³/mol. The number of amides is 1. The van der Waals surface area contributed by atoms with Crippen molar-refractivity contribution in [3.05, 3.63) is 66.1 Å². The summed E-state index contributed by atoms with van der Waals surface area (Å²) in [5.41, 5.74) is 1.78. The summed E-state index contributed by atoms with van der Waals surface area (Å²) in [6.07, 6.45) is 0.511. The minimum Gasteiger partial charge on any atom is -0.497 e. The summed E-state index contributed by atoms with van der Waals surface area (Å²) < 4.78 is 10.4. The highest BCUT2D eigenvalue weighted by molar-refractivity contribution is 5.76. The van der Waals surface area contributed by atoms with Gasteiger partial charge in [-0.2, -0.15) is 10.2 Å². The van der Waals surface area contributed by atoms with Crippen molar-refractivity contribution in [1.82, 2.24) is 15.0 Å². The summed E-state index contributed by atoms with van der Waals surface area (Å²) in [6.45, 7) is 0.433. The summed E-state index contributed by atoms with van der Waals surface area (Å²) >= 11 is 0. The quantitative estimate of drug-likeness (QED) is 0.561. The molecule has 2 aromatic carbocycles. The molecule has 0 N–H and O–H groups in total. The Hall–Kier alpha value is -3.66. The summed E-state index contributed by atoms with van der Waals surface area (Å²) in [5.74, 6) is 1.46. The molecular weight excluding hydrogens is 356 g/mol. The molecule has 1 aromatic heterocycles. The highest BCUT2D eigenvalue weighted by Gasteiger charge is 2.16. The first kappa shape index (κ1) is 19.1. The van der Waals surface area contributed by atoms with Gasteiger partial charge in [-0.3, -0.25) is 4.79 Å². The lowest BCUT2D eigenvalue weighted by Gasteiger charge is -2.19. The van der Waals surface area contributed by atoms with Crippen molar-refractivity contribution in [2.45, 2.75) is 19.4 Å². The smallest absolute Gasteiger partial charge is 0.227 e. The molecule has 0 fully saturated rings. The number of nitrogens with zero attached hydrogens (tertiary/aromatic N) is 4. The molecule has 7 heteroatoms. The zero-order valence-corrected chi connectivity index (χ0v) is 15.5. The van der Waals surface area contributed by atoms with Gasteiger partial charge in [0.25, 0.3) is 0 Å². The molecule has 28 heavy (non-hydrogen) atoms. The van der Waals surface area contributed by atoms with Crippen LogP contribution < -0.4 is 4.74 Å². The molecule has 0 saturated carbocycles. The number of aromatic nitrogens is 2. The van der Waals surface area contributed by atoms with Gasteiger partial charge in [0.1, 0.15) is 12.3 Å². The molecule has 1 heterocycles. The lowest BCUT2D eigenvalue weighted by molar-refractivity contribution is -0.131. The van der Waals surface area contributed by atoms with E-state index in [1.54, 1.807) is 7.11 Å². The monoisotopic (exact) mass is 376 g/mol. The maximum Gasteiger partial charge on any atom is 0.227 e. The second kappa shape index (κ2) is 9.33. The van der Waals surface area contributed by atoms with Gasteiger partial charge in [-0.1, -0.05) is 35.5 Å². The second-order valence-electron chi connectivity index (χ2n) is 6.13. The van der Waals surface area contributed by atoms with Crippen LogP contribution in [0.2, 0.25) is 0 Å². The zero-order valence-electron chi connectivity index (χ0n) is 15.5. The lowest BCUT2D eigenvalue weighted by Crippen LogP contribution is -2.31. The molecule has 7 nitrogen and oxygen atoms in total. The van der Waals surface area contributed by atoms with E-state index in [4.69, 9.17) is 14.5 Å². The van der Waals surface area contributed by atoms with Gasteiger partial charge < -0.3 is 14.2 Å².